The Balaban J connectivity index is 1.74. The van der Waals surface area contributed by atoms with Crippen molar-refractivity contribution in [3.63, 3.8) is 0 Å². The van der Waals surface area contributed by atoms with E-state index < -0.39 is 6.10 Å². The average Bonchev–Trinajstić information content (AvgIpc) is 2.60. The van der Waals surface area contributed by atoms with Gasteiger partial charge in [-0.05, 0) is 31.2 Å². The second-order valence-electron chi connectivity index (χ2n) is 5.01. The van der Waals surface area contributed by atoms with Gasteiger partial charge in [-0.3, -0.25) is 4.79 Å². The van der Waals surface area contributed by atoms with Crippen LogP contribution < -0.4 is 19.5 Å². The third-order valence-electron chi connectivity index (χ3n) is 3.22. The highest BCUT2D eigenvalue weighted by atomic mass is 35.5. The lowest BCUT2D eigenvalue weighted by molar-refractivity contribution is -0.127. The van der Waals surface area contributed by atoms with Crippen LogP contribution in [0.25, 0.3) is 0 Å². The number of nitrogens with one attached hydrogen (secondary N) is 1. The van der Waals surface area contributed by atoms with E-state index in [9.17, 15) is 4.79 Å². The van der Waals surface area contributed by atoms with Gasteiger partial charge in [0.1, 0.15) is 23.9 Å². The maximum Gasteiger partial charge on any atom is 0.260 e. The van der Waals surface area contributed by atoms with Crippen molar-refractivity contribution in [2.75, 3.05) is 20.3 Å². The summed E-state index contributed by atoms with van der Waals surface area (Å²) < 4.78 is 16.2. The van der Waals surface area contributed by atoms with Gasteiger partial charge in [0.15, 0.2) is 6.10 Å². The zero-order valence-corrected chi connectivity index (χ0v) is 14.4. The average molecular weight is 350 g/mol. The van der Waals surface area contributed by atoms with Crippen molar-refractivity contribution in [3.05, 3.63) is 53.6 Å². The Morgan fingerprint density at radius 1 is 1.17 bits per heavy atom. The summed E-state index contributed by atoms with van der Waals surface area (Å²) in [5.74, 6) is 1.62. The summed E-state index contributed by atoms with van der Waals surface area (Å²) in [6, 6.07) is 14.3. The summed E-state index contributed by atoms with van der Waals surface area (Å²) in [6.07, 6.45) is -0.627. The molecule has 0 fully saturated rings. The van der Waals surface area contributed by atoms with E-state index in [0.29, 0.717) is 35.4 Å². The fraction of sp³-hybridized carbons (Fsp3) is 0.278. The van der Waals surface area contributed by atoms with Gasteiger partial charge in [-0.1, -0.05) is 29.8 Å². The van der Waals surface area contributed by atoms with Crippen molar-refractivity contribution in [2.24, 2.45) is 0 Å². The van der Waals surface area contributed by atoms with Crippen LogP contribution in [0.2, 0.25) is 5.02 Å². The first-order valence-corrected chi connectivity index (χ1v) is 7.93. The number of halogens is 1. The van der Waals surface area contributed by atoms with Crippen LogP contribution in [-0.4, -0.2) is 32.3 Å². The van der Waals surface area contributed by atoms with E-state index in [0.717, 1.165) is 0 Å². The fourth-order valence-corrected chi connectivity index (χ4v) is 2.16. The third-order valence-corrected chi connectivity index (χ3v) is 3.53. The highest BCUT2D eigenvalue weighted by Crippen LogP contribution is 2.22. The molecule has 0 saturated heterocycles. The second kappa shape index (κ2) is 9.03. The van der Waals surface area contributed by atoms with Gasteiger partial charge >= 0.3 is 0 Å². The molecular weight excluding hydrogens is 330 g/mol. The van der Waals surface area contributed by atoms with E-state index in [-0.39, 0.29) is 5.91 Å². The number of hydrogen-bond acceptors (Lipinski definition) is 4. The number of benzene rings is 2. The molecule has 0 radical (unpaired) electrons. The topological polar surface area (TPSA) is 56.8 Å². The van der Waals surface area contributed by atoms with Crippen molar-refractivity contribution in [1.82, 2.24) is 5.32 Å². The van der Waals surface area contributed by atoms with Crippen molar-refractivity contribution in [1.29, 1.82) is 0 Å². The van der Waals surface area contributed by atoms with E-state index in [1.165, 1.54) is 0 Å². The maximum atomic E-state index is 12.0. The van der Waals surface area contributed by atoms with Crippen LogP contribution in [0, 0.1) is 0 Å². The minimum absolute atomic E-state index is 0.222. The predicted octanol–water partition coefficient (Wildman–Crippen LogP) is 3.31. The molecule has 1 atom stereocenters. The first-order valence-electron chi connectivity index (χ1n) is 7.56. The summed E-state index contributed by atoms with van der Waals surface area (Å²) in [7, 11) is 1.58. The summed E-state index contributed by atoms with van der Waals surface area (Å²) >= 11 is 5.99. The van der Waals surface area contributed by atoms with Crippen molar-refractivity contribution in [2.45, 2.75) is 13.0 Å². The SMILES string of the molecule is COc1cccc(O[C@@H](C)C(=O)NCCOc2ccccc2Cl)c1. The Hall–Kier alpha value is -2.40. The molecule has 2 rings (SSSR count). The molecule has 0 heterocycles. The number of ether oxygens (including phenoxy) is 3. The Labute approximate surface area is 146 Å². The normalized spacial score (nSPS) is 11.5. The number of methoxy groups -OCH3 is 1. The molecule has 6 heteroatoms. The molecule has 0 spiro atoms. The fourth-order valence-electron chi connectivity index (χ4n) is 1.97. The summed E-state index contributed by atoms with van der Waals surface area (Å²) in [4.78, 5) is 12.0. The van der Waals surface area contributed by atoms with Crippen molar-refractivity contribution in [3.8, 4) is 17.2 Å². The minimum atomic E-state index is -0.627. The van der Waals surface area contributed by atoms with Crippen molar-refractivity contribution < 1.29 is 19.0 Å². The third kappa shape index (κ3) is 5.35. The van der Waals surface area contributed by atoms with E-state index in [4.69, 9.17) is 25.8 Å². The van der Waals surface area contributed by atoms with Gasteiger partial charge in [-0.15, -0.1) is 0 Å². The van der Waals surface area contributed by atoms with Gasteiger partial charge in [-0.2, -0.15) is 0 Å². The van der Waals surface area contributed by atoms with E-state index in [2.05, 4.69) is 5.32 Å². The lowest BCUT2D eigenvalue weighted by atomic mass is 10.3. The first kappa shape index (κ1) is 17.9. The molecule has 0 aliphatic heterocycles. The van der Waals surface area contributed by atoms with Gasteiger partial charge in [0, 0.05) is 6.07 Å². The smallest absolute Gasteiger partial charge is 0.260 e. The molecule has 2 aromatic carbocycles. The van der Waals surface area contributed by atoms with E-state index in [1.807, 2.05) is 18.2 Å². The lowest BCUT2D eigenvalue weighted by Crippen LogP contribution is -2.38. The number of para-hydroxylation sites is 1. The Morgan fingerprint density at radius 2 is 1.92 bits per heavy atom. The zero-order valence-electron chi connectivity index (χ0n) is 13.6. The molecule has 24 heavy (non-hydrogen) atoms. The van der Waals surface area contributed by atoms with E-state index in [1.54, 1.807) is 44.4 Å². The molecule has 1 amide bonds. The first-order chi connectivity index (χ1) is 11.6. The van der Waals surface area contributed by atoms with Gasteiger partial charge in [0.25, 0.3) is 5.91 Å². The molecule has 5 nitrogen and oxygen atoms in total. The van der Waals surface area contributed by atoms with Crippen LogP contribution in [0.5, 0.6) is 17.2 Å². The van der Waals surface area contributed by atoms with Crippen LogP contribution in [-0.2, 0) is 4.79 Å². The molecule has 0 unspecified atom stereocenters. The van der Waals surface area contributed by atoms with Crippen molar-refractivity contribution >= 4 is 17.5 Å². The minimum Gasteiger partial charge on any atom is -0.497 e. The van der Waals surface area contributed by atoms with Crippen LogP contribution in [0.3, 0.4) is 0 Å². The molecule has 128 valence electrons. The van der Waals surface area contributed by atoms with Gasteiger partial charge in [0.2, 0.25) is 0 Å². The Kier molecular flexibility index (Phi) is 6.75. The number of hydrogen-bond donors (Lipinski definition) is 1. The zero-order chi connectivity index (χ0) is 17.4. The second-order valence-corrected chi connectivity index (χ2v) is 5.42. The van der Waals surface area contributed by atoms with E-state index >= 15 is 0 Å². The van der Waals surface area contributed by atoms with Crippen LogP contribution in [0.15, 0.2) is 48.5 Å². The monoisotopic (exact) mass is 349 g/mol. The number of carbonyl (C=O) groups excluding carboxylic acids is 1. The molecule has 0 bridgehead atoms. The Bertz CT molecular complexity index is 678. The molecular formula is C18H20ClNO4. The van der Waals surface area contributed by atoms with Gasteiger partial charge in [-0.25, -0.2) is 0 Å². The van der Waals surface area contributed by atoms with Crippen LogP contribution >= 0.6 is 11.6 Å². The molecule has 0 saturated carbocycles. The molecule has 2 aromatic rings. The highest BCUT2D eigenvalue weighted by Gasteiger charge is 2.14. The number of amides is 1. The van der Waals surface area contributed by atoms with Crippen LogP contribution in [0.1, 0.15) is 6.92 Å². The summed E-state index contributed by atoms with van der Waals surface area (Å²) in [6.45, 7) is 2.36. The quantitative estimate of drug-likeness (QED) is 0.743. The number of rotatable bonds is 8. The summed E-state index contributed by atoms with van der Waals surface area (Å²) in [5, 5.41) is 3.30. The molecule has 0 aliphatic carbocycles. The standard InChI is InChI=1S/C18H20ClNO4/c1-13(24-15-7-5-6-14(12-15)22-2)18(21)20-10-11-23-17-9-4-3-8-16(17)19/h3-9,12-13H,10-11H2,1-2H3,(H,20,21)/t13-/m0/s1. The maximum absolute atomic E-state index is 12.0. The van der Waals surface area contributed by atoms with Gasteiger partial charge < -0.3 is 19.5 Å². The molecule has 1 N–H and O–H groups in total. The van der Waals surface area contributed by atoms with Crippen LogP contribution in [0.4, 0.5) is 0 Å². The van der Waals surface area contributed by atoms with Gasteiger partial charge in [0.05, 0.1) is 18.7 Å². The molecule has 0 aliphatic rings. The largest absolute Gasteiger partial charge is 0.497 e. The molecule has 0 aromatic heterocycles. The highest BCUT2D eigenvalue weighted by molar-refractivity contribution is 6.32. The lowest BCUT2D eigenvalue weighted by Gasteiger charge is -2.15. The predicted molar refractivity (Wildman–Crippen MR) is 93.0 cm³/mol. The summed E-state index contributed by atoms with van der Waals surface area (Å²) in [5.41, 5.74) is 0. The Morgan fingerprint density at radius 3 is 2.67 bits per heavy atom. The number of carbonyl (C=O) groups is 1.